The number of aromatic nitrogens is 4. The van der Waals surface area contributed by atoms with Gasteiger partial charge < -0.3 is 15.2 Å². The molecule has 1 aliphatic heterocycles. The summed E-state index contributed by atoms with van der Waals surface area (Å²) in [6.45, 7) is 5.61. The number of halogens is 1. The number of rotatable bonds is 5. The van der Waals surface area contributed by atoms with E-state index in [0.717, 1.165) is 32.3 Å². The van der Waals surface area contributed by atoms with Crippen molar-refractivity contribution in [1.82, 2.24) is 19.5 Å². The lowest BCUT2D eigenvalue weighted by Crippen LogP contribution is -2.19. The van der Waals surface area contributed by atoms with E-state index >= 15 is 0 Å². The molecule has 3 rings (SSSR count). The second kappa shape index (κ2) is 7.00. The van der Waals surface area contributed by atoms with Crippen molar-refractivity contribution < 1.29 is 9.47 Å². The van der Waals surface area contributed by atoms with E-state index in [-0.39, 0.29) is 6.23 Å². The summed E-state index contributed by atoms with van der Waals surface area (Å²) >= 11 is 3.48. The maximum atomic E-state index is 6.03. The summed E-state index contributed by atoms with van der Waals surface area (Å²) in [5.74, 6) is 0.885. The standard InChI is InChI=1S/C15H22BrN5O2/c1-9(2)6-8-23-15-19-12(17)11-13(20-15)21(14(16)18-11)10-5-3-4-7-22-10/h9-10H,3-8H2,1-2H3,(H2,17,19,20). The number of nitrogens with zero attached hydrogens (tertiary/aromatic N) is 4. The van der Waals surface area contributed by atoms with Gasteiger partial charge in [0.25, 0.3) is 0 Å². The lowest BCUT2D eigenvalue weighted by molar-refractivity contribution is -0.0311. The van der Waals surface area contributed by atoms with E-state index in [4.69, 9.17) is 15.2 Å². The summed E-state index contributed by atoms with van der Waals surface area (Å²) in [5.41, 5.74) is 7.25. The minimum atomic E-state index is -0.0825. The number of hydrogen-bond donors (Lipinski definition) is 1. The Kier molecular flexibility index (Phi) is 5.01. The summed E-state index contributed by atoms with van der Waals surface area (Å²) in [6.07, 6.45) is 3.99. The Balaban J connectivity index is 1.93. The first-order chi connectivity index (χ1) is 11.1. The van der Waals surface area contributed by atoms with Gasteiger partial charge in [0.2, 0.25) is 0 Å². The van der Waals surface area contributed by atoms with Gasteiger partial charge in [-0.1, -0.05) is 13.8 Å². The van der Waals surface area contributed by atoms with Crippen LogP contribution >= 0.6 is 15.9 Å². The molecule has 1 fully saturated rings. The largest absolute Gasteiger partial charge is 0.463 e. The molecule has 1 saturated heterocycles. The van der Waals surface area contributed by atoms with Gasteiger partial charge in [0, 0.05) is 6.61 Å². The molecule has 0 spiro atoms. The molecule has 23 heavy (non-hydrogen) atoms. The first-order valence-electron chi connectivity index (χ1n) is 8.01. The predicted octanol–water partition coefficient (Wildman–Crippen LogP) is 3.30. The Labute approximate surface area is 143 Å². The van der Waals surface area contributed by atoms with Gasteiger partial charge in [-0.05, 0) is 47.5 Å². The number of fused-ring (bicyclic) bond motifs is 1. The van der Waals surface area contributed by atoms with E-state index in [2.05, 4.69) is 44.7 Å². The minimum absolute atomic E-state index is 0.0825. The molecular weight excluding hydrogens is 362 g/mol. The molecule has 2 aromatic heterocycles. The first kappa shape index (κ1) is 16.4. The van der Waals surface area contributed by atoms with Crippen LogP contribution in [0.25, 0.3) is 11.2 Å². The molecule has 1 unspecified atom stereocenters. The van der Waals surface area contributed by atoms with Crippen LogP contribution in [0.15, 0.2) is 4.73 Å². The molecule has 7 nitrogen and oxygen atoms in total. The second-order valence-electron chi connectivity index (χ2n) is 6.17. The van der Waals surface area contributed by atoms with Crippen LogP contribution in [-0.4, -0.2) is 32.7 Å². The zero-order chi connectivity index (χ0) is 16.4. The van der Waals surface area contributed by atoms with Crippen LogP contribution in [0.3, 0.4) is 0 Å². The molecule has 2 N–H and O–H groups in total. The van der Waals surface area contributed by atoms with Crippen LogP contribution in [-0.2, 0) is 4.74 Å². The van der Waals surface area contributed by atoms with Crippen molar-refractivity contribution in [2.24, 2.45) is 5.92 Å². The average Bonchev–Trinajstić information content (AvgIpc) is 2.84. The molecule has 1 atom stereocenters. The maximum absolute atomic E-state index is 6.03. The van der Waals surface area contributed by atoms with Crippen molar-refractivity contribution in [2.75, 3.05) is 18.9 Å². The molecule has 0 amide bonds. The molecule has 0 bridgehead atoms. The molecule has 0 saturated carbocycles. The second-order valence-corrected chi connectivity index (χ2v) is 6.88. The Hall–Kier alpha value is -1.41. The average molecular weight is 384 g/mol. The van der Waals surface area contributed by atoms with E-state index in [0.29, 0.717) is 40.3 Å². The van der Waals surface area contributed by atoms with E-state index in [1.54, 1.807) is 0 Å². The van der Waals surface area contributed by atoms with Crippen LogP contribution in [0.5, 0.6) is 6.01 Å². The third kappa shape index (κ3) is 3.58. The summed E-state index contributed by atoms with van der Waals surface area (Å²) in [5, 5.41) is 0. The van der Waals surface area contributed by atoms with Crippen LogP contribution in [0.2, 0.25) is 0 Å². The number of nitrogen functional groups attached to an aromatic ring is 1. The zero-order valence-electron chi connectivity index (χ0n) is 13.5. The molecule has 2 aromatic rings. The summed E-state index contributed by atoms with van der Waals surface area (Å²) in [4.78, 5) is 13.1. The van der Waals surface area contributed by atoms with Crippen LogP contribution in [0, 0.1) is 5.92 Å². The van der Waals surface area contributed by atoms with Crippen molar-refractivity contribution in [2.45, 2.75) is 45.8 Å². The molecule has 8 heteroatoms. The molecule has 1 aliphatic rings. The summed E-state index contributed by atoms with van der Waals surface area (Å²) in [7, 11) is 0. The van der Waals surface area contributed by atoms with E-state index < -0.39 is 0 Å². The van der Waals surface area contributed by atoms with Crippen molar-refractivity contribution in [3.05, 3.63) is 4.73 Å². The van der Waals surface area contributed by atoms with E-state index in [9.17, 15) is 0 Å². The van der Waals surface area contributed by atoms with Crippen molar-refractivity contribution in [3.8, 4) is 6.01 Å². The van der Waals surface area contributed by atoms with Crippen molar-refractivity contribution in [3.63, 3.8) is 0 Å². The topological polar surface area (TPSA) is 88.1 Å². The fourth-order valence-electron chi connectivity index (χ4n) is 2.58. The third-order valence-electron chi connectivity index (χ3n) is 3.87. The minimum Gasteiger partial charge on any atom is -0.463 e. The van der Waals surface area contributed by atoms with Gasteiger partial charge in [0.15, 0.2) is 21.7 Å². The van der Waals surface area contributed by atoms with Gasteiger partial charge in [0.1, 0.15) is 6.23 Å². The molecule has 3 heterocycles. The summed E-state index contributed by atoms with van der Waals surface area (Å²) < 4.78 is 14.1. The highest BCUT2D eigenvalue weighted by atomic mass is 79.9. The number of imidazole rings is 1. The Morgan fingerprint density at radius 3 is 2.87 bits per heavy atom. The highest BCUT2D eigenvalue weighted by Gasteiger charge is 2.24. The fraction of sp³-hybridized carbons (Fsp3) is 0.667. The van der Waals surface area contributed by atoms with Crippen LogP contribution in [0.1, 0.15) is 45.8 Å². The van der Waals surface area contributed by atoms with Gasteiger partial charge in [-0.2, -0.15) is 9.97 Å². The van der Waals surface area contributed by atoms with Gasteiger partial charge >= 0.3 is 6.01 Å². The van der Waals surface area contributed by atoms with Crippen molar-refractivity contribution in [1.29, 1.82) is 0 Å². The van der Waals surface area contributed by atoms with Gasteiger partial charge in [0.05, 0.1) is 6.61 Å². The van der Waals surface area contributed by atoms with Gasteiger partial charge in [-0.25, -0.2) is 4.98 Å². The monoisotopic (exact) mass is 383 g/mol. The quantitative estimate of drug-likeness (QED) is 0.796. The fourth-order valence-corrected chi connectivity index (χ4v) is 3.15. The maximum Gasteiger partial charge on any atom is 0.320 e. The Morgan fingerprint density at radius 2 is 2.17 bits per heavy atom. The third-order valence-corrected chi connectivity index (χ3v) is 4.43. The lowest BCUT2D eigenvalue weighted by Gasteiger charge is -2.24. The molecule has 0 aliphatic carbocycles. The predicted molar refractivity (Wildman–Crippen MR) is 91.2 cm³/mol. The number of anilines is 1. The molecular formula is C15H22BrN5O2. The van der Waals surface area contributed by atoms with Gasteiger partial charge in [-0.15, -0.1) is 0 Å². The van der Waals surface area contributed by atoms with Gasteiger partial charge in [-0.3, -0.25) is 4.57 Å². The van der Waals surface area contributed by atoms with Crippen molar-refractivity contribution >= 4 is 32.9 Å². The van der Waals surface area contributed by atoms with Crippen LogP contribution < -0.4 is 10.5 Å². The zero-order valence-corrected chi connectivity index (χ0v) is 15.0. The molecule has 0 radical (unpaired) electrons. The van der Waals surface area contributed by atoms with E-state index in [1.165, 1.54) is 0 Å². The molecule has 0 aromatic carbocycles. The van der Waals surface area contributed by atoms with E-state index in [1.807, 2.05) is 4.57 Å². The smallest absolute Gasteiger partial charge is 0.320 e. The number of ether oxygens (including phenoxy) is 2. The van der Waals surface area contributed by atoms with Crippen LogP contribution in [0.4, 0.5) is 5.82 Å². The summed E-state index contributed by atoms with van der Waals surface area (Å²) in [6, 6.07) is 0.292. The molecule has 126 valence electrons. The lowest BCUT2D eigenvalue weighted by atomic mass is 10.1. The highest BCUT2D eigenvalue weighted by molar-refractivity contribution is 9.10. The SMILES string of the molecule is CC(C)CCOc1nc(N)c2nc(Br)n(C3CCCCO3)c2n1. The number of nitrogens with two attached hydrogens (primary N) is 1. The Bertz CT molecular complexity index is 682. The normalized spacial score (nSPS) is 18.7. The highest BCUT2D eigenvalue weighted by Crippen LogP contribution is 2.32. The Morgan fingerprint density at radius 1 is 1.35 bits per heavy atom. The number of hydrogen-bond acceptors (Lipinski definition) is 6. The first-order valence-corrected chi connectivity index (χ1v) is 8.81.